The van der Waals surface area contributed by atoms with Crippen LogP contribution in [0.15, 0.2) is 0 Å². The highest BCUT2D eigenvalue weighted by Crippen LogP contribution is 1.56. The van der Waals surface area contributed by atoms with Crippen molar-refractivity contribution in [2.75, 3.05) is 13.2 Å². The standard InChI is InChI=1S/3C3H8.C2H6O2/c3*1-3-2;3-1-2-4/h3*3H2,1-2H3;3-4H,1-2H2. The van der Waals surface area contributed by atoms with Crippen molar-refractivity contribution in [2.45, 2.75) is 60.8 Å². The van der Waals surface area contributed by atoms with E-state index >= 15 is 0 Å². The highest BCUT2D eigenvalue weighted by atomic mass is 16.3. The number of aliphatic hydroxyl groups is 2. The first-order valence-electron chi connectivity index (χ1n) is 5.38. The second kappa shape index (κ2) is 58.7. The van der Waals surface area contributed by atoms with Crippen molar-refractivity contribution in [3.05, 3.63) is 0 Å². The highest BCUT2D eigenvalue weighted by molar-refractivity contribution is 4.06. The van der Waals surface area contributed by atoms with Crippen LogP contribution >= 0.6 is 0 Å². The molecule has 0 aromatic heterocycles. The molecule has 13 heavy (non-hydrogen) atoms. The van der Waals surface area contributed by atoms with Crippen LogP contribution in [0.1, 0.15) is 60.8 Å². The third-order valence-corrected chi connectivity index (χ3v) is 0.1000. The Morgan fingerprint density at radius 1 is 0.538 bits per heavy atom. The van der Waals surface area contributed by atoms with Gasteiger partial charge in [0.25, 0.3) is 0 Å². The summed E-state index contributed by atoms with van der Waals surface area (Å²) in [5.41, 5.74) is 0. The topological polar surface area (TPSA) is 40.5 Å². The molecule has 0 rings (SSSR count). The Morgan fingerprint density at radius 2 is 0.615 bits per heavy atom. The van der Waals surface area contributed by atoms with Gasteiger partial charge in [0.1, 0.15) is 0 Å². The van der Waals surface area contributed by atoms with E-state index in [1.165, 1.54) is 19.3 Å². The first-order chi connectivity index (χ1) is 6.16. The van der Waals surface area contributed by atoms with Gasteiger partial charge in [0.05, 0.1) is 13.2 Å². The Bertz CT molecular complexity index is 24.5. The smallest absolute Gasteiger partial charge is 0.0662 e. The molecule has 0 radical (unpaired) electrons. The van der Waals surface area contributed by atoms with Crippen molar-refractivity contribution in [3.8, 4) is 0 Å². The predicted octanol–water partition coefficient (Wildman–Crippen LogP) is 3.22. The molecular formula is C11H30O2. The van der Waals surface area contributed by atoms with Crippen molar-refractivity contribution >= 4 is 0 Å². The Morgan fingerprint density at radius 3 is 0.615 bits per heavy atom. The molecule has 0 fully saturated rings. The van der Waals surface area contributed by atoms with Gasteiger partial charge in [-0.3, -0.25) is 0 Å². The molecule has 2 nitrogen and oxygen atoms in total. The molecule has 0 bridgehead atoms. The van der Waals surface area contributed by atoms with Gasteiger partial charge in [0.15, 0.2) is 0 Å². The van der Waals surface area contributed by atoms with E-state index < -0.39 is 0 Å². The zero-order valence-corrected chi connectivity index (χ0v) is 10.4. The van der Waals surface area contributed by atoms with Gasteiger partial charge in [-0.25, -0.2) is 0 Å². The molecule has 0 atom stereocenters. The average molecular weight is 194 g/mol. The molecule has 2 heteroatoms. The molecule has 0 aromatic carbocycles. The zero-order valence-electron chi connectivity index (χ0n) is 10.4. The second-order valence-electron chi connectivity index (χ2n) is 2.57. The fourth-order valence-corrected chi connectivity index (χ4v) is 0. The summed E-state index contributed by atoms with van der Waals surface area (Å²) in [6.45, 7) is 12.5. The summed E-state index contributed by atoms with van der Waals surface area (Å²) in [5, 5.41) is 15.2. The number of hydrogen-bond donors (Lipinski definition) is 2. The molecule has 0 aliphatic heterocycles. The van der Waals surface area contributed by atoms with E-state index in [1.807, 2.05) is 0 Å². The van der Waals surface area contributed by atoms with Crippen LogP contribution in [-0.4, -0.2) is 23.4 Å². The molecule has 0 aromatic rings. The summed E-state index contributed by atoms with van der Waals surface area (Å²) in [5.74, 6) is 0. The number of aliphatic hydroxyl groups excluding tert-OH is 2. The van der Waals surface area contributed by atoms with Crippen LogP contribution in [0, 0.1) is 0 Å². The minimum Gasteiger partial charge on any atom is -0.394 e. The maximum absolute atomic E-state index is 7.62. The summed E-state index contributed by atoms with van der Waals surface area (Å²) >= 11 is 0. The van der Waals surface area contributed by atoms with Gasteiger partial charge in [-0.1, -0.05) is 60.8 Å². The van der Waals surface area contributed by atoms with E-state index in [4.69, 9.17) is 10.2 Å². The Hall–Kier alpha value is -0.0800. The predicted molar refractivity (Wildman–Crippen MR) is 62.1 cm³/mol. The quantitative estimate of drug-likeness (QED) is 0.673. The zero-order chi connectivity index (χ0) is 11.5. The van der Waals surface area contributed by atoms with Gasteiger partial charge in [-0.2, -0.15) is 0 Å². The maximum atomic E-state index is 7.62. The maximum Gasteiger partial charge on any atom is 0.0662 e. The third kappa shape index (κ3) is 1390. The van der Waals surface area contributed by atoms with Crippen LogP contribution < -0.4 is 0 Å². The highest BCUT2D eigenvalue weighted by Gasteiger charge is 1.58. The lowest BCUT2D eigenvalue weighted by molar-refractivity contribution is 0.186. The second-order valence-corrected chi connectivity index (χ2v) is 2.57. The van der Waals surface area contributed by atoms with Gasteiger partial charge in [-0.15, -0.1) is 0 Å². The Labute approximate surface area is 85.0 Å². The summed E-state index contributed by atoms with van der Waals surface area (Å²) in [7, 11) is 0. The molecule has 0 unspecified atom stereocenters. The van der Waals surface area contributed by atoms with Crippen molar-refractivity contribution in [3.63, 3.8) is 0 Å². The molecule has 0 aliphatic rings. The van der Waals surface area contributed by atoms with Crippen LogP contribution in [-0.2, 0) is 0 Å². The van der Waals surface area contributed by atoms with Crippen molar-refractivity contribution in [1.82, 2.24) is 0 Å². The molecule has 0 saturated heterocycles. The van der Waals surface area contributed by atoms with E-state index in [0.717, 1.165) is 0 Å². The fourth-order valence-electron chi connectivity index (χ4n) is 0. The summed E-state index contributed by atoms with van der Waals surface area (Å²) in [6.07, 6.45) is 3.75. The first kappa shape index (κ1) is 23.1. The van der Waals surface area contributed by atoms with Crippen molar-refractivity contribution in [1.29, 1.82) is 0 Å². The van der Waals surface area contributed by atoms with Gasteiger partial charge in [0, 0.05) is 0 Å². The summed E-state index contributed by atoms with van der Waals surface area (Å²) in [4.78, 5) is 0. The van der Waals surface area contributed by atoms with Crippen molar-refractivity contribution < 1.29 is 10.2 Å². The fraction of sp³-hybridized carbons (Fsp3) is 1.00. The van der Waals surface area contributed by atoms with Gasteiger partial charge >= 0.3 is 0 Å². The SMILES string of the molecule is CCC.CCC.CCC.OCCO. The summed E-state index contributed by atoms with van der Waals surface area (Å²) in [6, 6.07) is 0. The first-order valence-corrected chi connectivity index (χ1v) is 5.38. The molecule has 0 spiro atoms. The Balaban J connectivity index is -0.0000000420. The molecule has 2 N–H and O–H groups in total. The van der Waals surface area contributed by atoms with Gasteiger partial charge in [-0.05, 0) is 0 Å². The van der Waals surface area contributed by atoms with E-state index in [1.54, 1.807) is 0 Å². The van der Waals surface area contributed by atoms with E-state index in [9.17, 15) is 0 Å². The Kier molecular flexibility index (Phi) is 104. The average Bonchev–Trinajstić information content (AvgIpc) is 2.08. The minimum atomic E-state index is -0.125. The largest absolute Gasteiger partial charge is 0.394 e. The van der Waals surface area contributed by atoms with E-state index in [-0.39, 0.29) is 13.2 Å². The lowest BCUT2D eigenvalue weighted by Gasteiger charge is -1.70. The van der Waals surface area contributed by atoms with Crippen LogP contribution in [0.2, 0.25) is 0 Å². The van der Waals surface area contributed by atoms with Crippen LogP contribution in [0.4, 0.5) is 0 Å². The number of hydrogen-bond acceptors (Lipinski definition) is 2. The monoisotopic (exact) mass is 194 g/mol. The van der Waals surface area contributed by atoms with E-state index in [2.05, 4.69) is 41.5 Å². The molecular weight excluding hydrogens is 164 g/mol. The van der Waals surface area contributed by atoms with Crippen LogP contribution in [0.3, 0.4) is 0 Å². The van der Waals surface area contributed by atoms with Crippen LogP contribution in [0.25, 0.3) is 0 Å². The van der Waals surface area contributed by atoms with Crippen molar-refractivity contribution in [2.24, 2.45) is 0 Å². The summed E-state index contributed by atoms with van der Waals surface area (Å²) < 4.78 is 0. The lowest BCUT2D eigenvalue weighted by Crippen LogP contribution is -1.85. The molecule has 86 valence electrons. The van der Waals surface area contributed by atoms with Crippen LogP contribution in [0.5, 0.6) is 0 Å². The lowest BCUT2D eigenvalue weighted by atomic mass is 10.6. The van der Waals surface area contributed by atoms with Gasteiger partial charge < -0.3 is 10.2 Å². The molecule has 0 saturated carbocycles. The normalized spacial score (nSPS) is 6.46. The third-order valence-electron chi connectivity index (χ3n) is 0.1000. The minimum absolute atomic E-state index is 0.125. The van der Waals surface area contributed by atoms with E-state index in [0.29, 0.717) is 0 Å². The molecule has 0 amide bonds. The number of rotatable bonds is 1. The molecule has 0 heterocycles. The molecule has 0 aliphatic carbocycles. The van der Waals surface area contributed by atoms with Gasteiger partial charge in [0.2, 0.25) is 0 Å².